The van der Waals surface area contributed by atoms with Crippen molar-refractivity contribution >= 4 is 10.8 Å². The minimum Gasteiger partial charge on any atom is -0.383 e. The summed E-state index contributed by atoms with van der Waals surface area (Å²) in [6.45, 7) is 3.30. The monoisotopic (exact) mass is 259 g/mol. The number of hydrogen-bond acceptors (Lipinski definition) is 3. The molecule has 2 unspecified atom stereocenters. The molecule has 0 fully saturated rings. The molecule has 5 heteroatoms. The molecule has 2 atom stereocenters. The molecule has 1 rings (SSSR count). The van der Waals surface area contributed by atoms with E-state index in [0.29, 0.717) is 17.3 Å². The van der Waals surface area contributed by atoms with E-state index in [1.54, 1.807) is 19.2 Å². The number of nitrogens with one attached hydrogen (secondary N) is 1. The Hall–Kier alpha value is -0.780. The van der Waals surface area contributed by atoms with Crippen molar-refractivity contribution in [1.29, 1.82) is 0 Å². The van der Waals surface area contributed by atoms with Gasteiger partial charge in [0.2, 0.25) is 0 Å². The van der Waals surface area contributed by atoms with E-state index in [4.69, 9.17) is 4.74 Å². The van der Waals surface area contributed by atoms with Crippen LogP contribution in [-0.4, -0.2) is 36.3 Å². The zero-order valence-electron chi connectivity index (χ0n) is 10.1. The third kappa shape index (κ3) is 4.93. The SMILES string of the molecule is CCNC(COC)CS(=O)c1ccc(F)cc1. The molecule has 0 saturated carbocycles. The van der Waals surface area contributed by atoms with Crippen molar-refractivity contribution < 1.29 is 13.3 Å². The highest BCUT2D eigenvalue weighted by Crippen LogP contribution is 2.09. The van der Waals surface area contributed by atoms with Crippen LogP contribution in [0.2, 0.25) is 0 Å². The van der Waals surface area contributed by atoms with Crippen molar-refractivity contribution in [2.75, 3.05) is 26.0 Å². The largest absolute Gasteiger partial charge is 0.383 e. The summed E-state index contributed by atoms with van der Waals surface area (Å²) < 4.78 is 29.8. The van der Waals surface area contributed by atoms with Crippen molar-refractivity contribution in [3.05, 3.63) is 30.1 Å². The van der Waals surface area contributed by atoms with Crippen LogP contribution in [0.1, 0.15) is 6.92 Å². The molecule has 96 valence electrons. The molecule has 3 nitrogen and oxygen atoms in total. The first kappa shape index (κ1) is 14.3. The smallest absolute Gasteiger partial charge is 0.123 e. The van der Waals surface area contributed by atoms with Crippen LogP contribution >= 0.6 is 0 Å². The molecule has 0 radical (unpaired) electrons. The van der Waals surface area contributed by atoms with Crippen molar-refractivity contribution in [3.63, 3.8) is 0 Å². The lowest BCUT2D eigenvalue weighted by Crippen LogP contribution is -2.37. The van der Waals surface area contributed by atoms with Gasteiger partial charge in [-0.2, -0.15) is 0 Å². The molecular weight excluding hydrogens is 241 g/mol. The molecule has 0 bridgehead atoms. The number of likely N-dealkylation sites (N-methyl/N-ethyl adjacent to an activating group) is 1. The van der Waals surface area contributed by atoms with Gasteiger partial charge in [-0.05, 0) is 30.8 Å². The van der Waals surface area contributed by atoms with Crippen LogP contribution in [0, 0.1) is 5.82 Å². The van der Waals surface area contributed by atoms with E-state index in [0.717, 1.165) is 6.54 Å². The third-order valence-corrected chi connectivity index (χ3v) is 3.79. The first-order valence-corrected chi connectivity index (χ1v) is 6.85. The minimum atomic E-state index is -1.13. The molecule has 0 saturated heterocycles. The highest BCUT2D eigenvalue weighted by Gasteiger charge is 2.13. The van der Waals surface area contributed by atoms with Crippen LogP contribution in [-0.2, 0) is 15.5 Å². The molecule has 0 aromatic heterocycles. The third-order valence-electron chi connectivity index (χ3n) is 2.29. The molecule has 1 N–H and O–H groups in total. The van der Waals surface area contributed by atoms with Crippen molar-refractivity contribution in [3.8, 4) is 0 Å². The highest BCUT2D eigenvalue weighted by atomic mass is 32.2. The summed E-state index contributed by atoms with van der Waals surface area (Å²) in [6.07, 6.45) is 0. The zero-order valence-corrected chi connectivity index (χ0v) is 10.9. The Morgan fingerprint density at radius 3 is 2.59 bits per heavy atom. The molecular formula is C12H18FNO2S. The summed E-state index contributed by atoms with van der Waals surface area (Å²) in [6, 6.07) is 5.82. The zero-order chi connectivity index (χ0) is 12.7. The van der Waals surface area contributed by atoms with E-state index >= 15 is 0 Å². The quantitative estimate of drug-likeness (QED) is 0.807. The number of hydrogen-bond donors (Lipinski definition) is 1. The van der Waals surface area contributed by atoms with E-state index in [1.165, 1.54) is 12.1 Å². The Kier molecular flexibility index (Phi) is 6.32. The van der Waals surface area contributed by atoms with Gasteiger partial charge >= 0.3 is 0 Å². The topological polar surface area (TPSA) is 38.3 Å². The molecule has 0 amide bonds. The van der Waals surface area contributed by atoms with Gasteiger partial charge in [-0.1, -0.05) is 6.92 Å². The predicted octanol–water partition coefficient (Wildman–Crippen LogP) is 1.56. The molecule has 1 aromatic carbocycles. The van der Waals surface area contributed by atoms with Crippen molar-refractivity contribution in [2.45, 2.75) is 17.9 Å². The number of ether oxygens (including phenoxy) is 1. The Bertz CT molecular complexity index is 350. The molecule has 1 aromatic rings. The Labute approximate surface area is 104 Å². The second-order valence-corrected chi connectivity index (χ2v) is 5.17. The Morgan fingerprint density at radius 2 is 2.06 bits per heavy atom. The van der Waals surface area contributed by atoms with Gasteiger partial charge in [0.05, 0.1) is 17.4 Å². The van der Waals surface area contributed by atoms with Crippen LogP contribution in [0.3, 0.4) is 0 Å². The number of rotatable bonds is 7. The van der Waals surface area contributed by atoms with Gasteiger partial charge in [0, 0.05) is 23.8 Å². The minimum absolute atomic E-state index is 0.0517. The summed E-state index contributed by atoms with van der Waals surface area (Å²) >= 11 is 0. The predicted molar refractivity (Wildman–Crippen MR) is 67.0 cm³/mol. The second-order valence-electron chi connectivity index (χ2n) is 3.68. The normalized spacial score (nSPS) is 14.5. The van der Waals surface area contributed by atoms with Gasteiger partial charge in [0.15, 0.2) is 0 Å². The average Bonchev–Trinajstić information content (AvgIpc) is 2.30. The molecule has 0 spiro atoms. The first-order chi connectivity index (χ1) is 8.17. The van der Waals surface area contributed by atoms with Gasteiger partial charge < -0.3 is 10.1 Å². The lowest BCUT2D eigenvalue weighted by molar-refractivity contribution is 0.174. The maximum Gasteiger partial charge on any atom is 0.123 e. The van der Waals surface area contributed by atoms with Crippen LogP contribution in [0.4, 0.5) is 4.39 Å². The van der Waals surface area contributed by atoms with Crippen LogP contribution < -0.4 is 5.32 Å². The summed E-state index contributed by atoms with van der Waals surface area (Å²) in [4.78, 5) is 0.644. The van der Waals surface area contributed by atoms with Gasteiger partial charge in [0.25, 0.3) is 0 Å². The second kappa shape index (κ2) is 7.53. The van der Waals surface area contributed by atoms with E-state index < -0.39 is 10.8 Å². The molecule has 0 aliphatic rings. The summed E-state index contributed by atoms with van der Waals surface area (Å²) in [5.41, 5.74) is 0. The van der Waals surface area contributed by atoms with Gasteiger partial charge in [-0.15, -0.1) is 0 Å². The summed E-state index contributed by atoms with van der Waals surface area (Å²) in [7, 11) is 0.482. The van der Waals surface area contributed by atoms with Crippen LogP contribution in [0.5, 0.6) is 0 Å². The van der Waals surface area contributed by atoms with Gasteiger partial charge in [0.1, 0.15) is 5.82 Å². The number of methoxy groups -OCH3 is 1. The number of benzene rings is 1. The Morgan fingerprint density at radius 1 is 1.41 bits per heavy atom. The van der Waals surface area contributed by atoms with Gasteiger partial charge in [-0.3, -0.25) is 4.21 Å². The van der Waals surface area contributed by atoms with E-state index in [-0.39, 0.29) is 11.9 Å². The van der Waals surface area contributed by atoms with E-state index in [1.807, 2.05) is 6.92 Å². The lowest BCUT2D eigenvalue weighted by Gasteiger charge is -2.16. The molecule has 0 heterocycles. The Balaban J connectivity index is 2.60. The molecule has 0 aliphatic heterocycles. The van der Waals surface area contributed by atoms with E-state index in [2.05, 4.69) is 5.32 Å². The first-order valence-electron chi connectivity index (χ1n) is 5.53. The maximum atomic E-state index is 12.7. The van der Waals surface area contributed by atoms with Crippen LogP contribution in [0.25, 0.3) is 0 Å². The molecule has 17 heavy (non-hydrogen) atoms. The van der Waals surface area contributed by atoms with Crippen LogP contribution in [0.15, 0.2) is 29.2 Å². The fourth-order valence-corrected chi connectivity index (χ4v) is 2.73. The maximum absolute atomic E-state index is 12.7. The molecule has 0 aliphatic carbocycles. The standard InChI is InChI=1S/C12H18FNO2S/c1-3-14-11(8-16-2)9-17(15)12-6-4-10(13)5-7-12/h4-7,11,14H,3,8-9H2,1-2H3. The van der Waals surface area contributed by atoms with Crippen molar-refractivity contribution in [1.82, 2.24) is 5.32 Å². The van der Waals surface area contributed by atoms with Gasteiger partial charge in [-0.25, -0.2) is 4.39 Å². The summed E-state index contributed by atoms with van der Waals surface area (Å²) in [5, 5.41) is 3.20. The summed E-state index contributed by atoms with van der Waals surface area (Å²) in [5.74, 6) is 0.152. The highest BCUT2D eigenvalue weighted by molar-refractivity contribution is 7.85. The average molecular weight is 259 g/mol. The lowest BCUT2D eigenvalue weighted by atomic mass is 10.3. The fourth-order valence-electron chi connectivity index (χ4n) is 1.52. The van der Waals surface area contributed by atoms with Crippen molar-refractivity contribution in [2.24, 2.45) is 0 Å². The fraction of sp³-hybridized carbons (Fsp3) is 0.500. The van der Waals surface area contributed by atoms with E-state index in [9.17, 15) is 8.60 Å². The number of halogens is 1.